The largest absolute Gasteiger partial charge is 0.307 e. The molecule has 2 nitrogen and oxygen atoms in total. The molecule has 0 radical (unpaired) electrons. The van der Waals surface area contributed by atoms with Gasteiger partial charge in [-0.1, -0.05) is 35.9 Å². The minimum Gasteiger partial charge on any atom is -0.307 e. The molecule has 0 spiro atoms. The molecule has 0 atom stereocenters. The molecule has 1 fully saturated rings. The molecule has 4 rings (SSSR count). The number of aromatic nitrogens is 1. The highest BCUT2D eigenvalue weighted by molar-refractivity contribution is 7.99. The number of thioether (sulfide) groups is 1. The Bertz CT molecular complexity index is 998. The molecule has 0 unspecified atom stereocenters. The van der Waals surface area contributed by atoms with Crippen LogP contribution in [0.5, 0.6) is 0 Å². The Labute approximate surface area is 213 Å². The van der Waals surface area contributed by atoms with E-state index >= 15 is 0 Å². The van der Waals surface area contributed by atoms with Gasteiger partial charge < -0.3 is 4.79 Å². The lowest BCUT2D eigenvalue weighted by Gasteiger charge is -2.41. The van der Waals surface area contributed by atoms with E-state index in [0.29, 0.717) is 11.5 Å². The van der Waals surface area contributed by atoms with Crippen molar-refractivity contribution in [3.63, 3.8) is 0 Å². The molecule has 1 saturated carbocycles. The molecule has 1 aliphatic rings. The van der Waals surface area contributed by atoms with Crippen molar-refractivity contribution in [2.24, 2.45) is 5.92 Å². The summed E-state index contributed by atoms with van der Waals surface area (Å²) in [7, 11) is 0. The lowest BCUT2D eigenvalue weighted by atomic mass is 9.63. The van der Waals surface area contributed by atoms with Crippen molar-refractivity contribution < 1.29 is 13.6 Å². The number of benzene rings is 2. The second-order valence-corrected chi connectivity index (χ2v) is 9.03. The maximum Gasteiger partial charge on any atom is 0.127 e. The molecular weight excluding hydrogens is 460 g/mol. The van der Waals surface area contributed by atoms with Crippen molar-refractivity contribution in [1.82, 2.24) is 4.98 Å². The van der Waals surface area contributed by atoms with Crippen LogP contribution in [0, 0.1) is 24.5 Å². The fourth-order valence-electron chi connectivity index (χ4n) is 4.42. The number of rotatable bonds is 5. The van der Waals surface area contributed by atoms with E-state index in [9.17, 15) is 8.78 Å². The van der Waals surface area contributed by atoms with Crippen LogP contribution >= 0.6 is 11.8 Å². The van der Waals surface area contributed by atoms with Gasteiger partial charge in [-0.25, -0.2) is 13.8 Å². The van der Waals surface area contributed by atoms with Crippen molar-refractivity contribution in [1.29, 1.82) is 0 Å². The highest BCUT2D eigenvalue weighted by Crippen LogP contribution is 2.48. The summed E-state index contributed by atoms with van der Waals surface area (Å²) >= 11 is 1.78. The number of hydrogen-bond acceptors (Lipinski definition) is 3. The van der Waals surface area contributed by atoms with E-state index in [2.05, 4.69) is 55.6 Å². The quantitative estimate of drug-likeness (QED) is 0.263. The van der Waals surface area contributed by atoms with E-state index in [1.54, 1.807) is 11.8 Å². The fourth-order valence-corrected chi connectivity index (χ4v) is 5.47. The smallest absolute Gasteiger partial charge is 0.127 e. The van der Waals surface area contributed by atoms with E-state index in [4.69, 9.17) is 4.79 Å². The van der Waals surface area contributed by atoms with E-state index in [0.717, 1.165) is 42.0 Å². The minimum absolute atomic E-state index is 0.312. The second-order valence-electron chi connectivity index (χ2n) is 7.99. The highest BCUT2D eigenvalue weighted by Gasteiger charge is 2.40. The normalized spacial score (nSPS) is 18.4. The minimum atomic E-state index is -0.466. The van der Waals surface area contributed by atoms with Crippen LogP contribution in [-0.4, -0.2) is 17.5 Å². The third-order valence-corrected chi connectivity index (χ3v) is 7.29. The lowest BCUT2D eigenvalue weighted by molar-refractivity contribution is -0.0979. The number of carbonyl (C=O) groups excluding carboxylic acids is 1. The first kappa shape index (κ1) is 30.0. The summed E-state index contributed by atoms with van der Waals surface area (Å²) in [6, 6.07) is 18.1. The Morgan fingerprint density at radius 2 is 1.57 bits per heavy atom. The van der Waals surface area contributed by atoms with Gasteiger partial charge >= 0.3 is 0 Å². The fraction of sp³-hybridized carbons (Fsp3) is 0.267. The predicted octanol–water partition coefficient (Wildman–Crippen LogP) is 8.36. The number of aryl methyl sites for hydroxylation is 1. The summed E-state index contributed by atoms with van der Waals surface area (Å²) in [5.41, 5.74) is 2.29. The van der Waals surface area contributed by atoms with Gasteiger partial charge in [-0.15, -0.1) is 38.1 Å². The van der Waals surface area contributed by atoms with Crippen molar-refractivity contribution >= 4 is 18.6 Å². The van der Waals surface area contributed by atoms with Crippen LogP contribution in [0.4, 0.5) is 8.78 Å². The van der Waals surface area contributed by atoms with E-state index < -0.39 is 5.41 Å². The number of carbonyl (C=O) groups is 1. The monoisotopic (exact) mass is 495 g/mol. The van der Waals surface area contributed by atoms with Gasteiger partial charge in [0.05, 0.1) is 5.03 Å². The van der Waals surface area contributed by atoms with Gasteiger partial charge in [-0.3, -0.25) is 0 Å². The van der Waals surface area contributed by atoms with E-state index in [-0.39, 0.29) is 11.6 Å². The third kappa shape index (κ3) is 8.00. The number of halogens is 2. The molecule has 0 bridgehead atoms. The molecule has 1 aliphatic carbocycles. The van der Waals surface area contributed by atoms with Gasteiger partial charge in [0.2, 0.25) is 0 Å². The van der Waals surface area contributed by atoms with Crippen LogP contribution in [0.15, 0.2) is 98.2 Å². The van der Waals surface area contributed by atoms with Gasteiger partial charge in [0.1, 0.15) is 18.4 Å². The van der Waals surface area contributed by atoms with Gasteiger partial charge in [-0.05, 0) is 74.4 Å². The summed E-state index contributed by atoms with van der Waals surface area (Å²) in [6.45, 7) is 16.0. The SMILES string of the molecule is C=C.C=C.C=O.Cc1ccc(C2(c3cc(F)ccc3F)CCC(CSc3ccccn3)CC2)cc1. The zero-order valence-corrected chi connectivity index (χ0v) is 21.3. The lowest BCUT2D eigenvalue weighted by Crippen LogP contribution is -2.34. The van der Waals surface area contributed by atoms with E-state index in [1.165, 1.54) is 23.8 Å². The van der Waals surface area contributed by atoms with Crippen LogP contribution in [0.3, 0.4) is 0 Å². The summed E-state index contributed by atoms with van der Waals surface area (Å²) in [5.74, 6) is 0.873. The number of nitrogens with zero attached hydrogens (tertiary/aromatic N) is 1. The maximum absolute atomic E-state index is 14.9. The Kier molecular flexibility index (Phi) is 13.5. The summed E-state index contributed by atoms with van der Waals surface area (Å²) in [5, 5.41) is 1.04. The first-order chi connectivity index (χ1) is 17.1. The molecule has 1 aromatic heterocycles. The Morgan fingerprint density at radius 3 is 2.14 bits per heavy atom. The number of hydrogen-bond donors (Lipinski definition) is 0. The molecule has 5 heteroatoms. The molecule has 0 N–H and O–H groups in total. The van der Waals surface area contributed by atoms with Gasteiger partial charge in [0.25, 0.3) is 0 Å². The number of pyridine rings is 1. The molecule has 2 aromatic carbocycles. The molecule has 3 aromatic rings. The van der Waals surface area contributed by atoms with Crippen LogP contribution in [0.25, 0.3) is 0 Å². The summed E-state index contributed by atoms with van der Waals surface area (Å²) in [4.78, 5) is 12.4. The van der Waals surface area contributed by atoms with Crippen LogP contribution in [0.1, 0.15) is 42.4 Å². The molecule has 0 saturated heterocycles. The zero-order valence-electron chi connectivity index (χ0n) is 20.5. The van der Waals surface area contributed by atoms with Gasteiger partial charge in [-0.2, -0.15) is 0 Å². The predicted molar refractivity (Wildman–Crippen MR) is 145 cm³/mol. The van der Waals surface area contributed by atoms with Gasteiger partial charge in [0, 0.05) is 22.9 Å². The second kappa shape index (κ2) is 15.8. The topological polar surface area (TPSA) is 30.0 Å². The maximum atomic E-state index is 14.9. The Balaban J connectivity index is 0.000000949. The Morgan fingerprint density at radius 1 is 0.943 bits per heavy atom. The van der Waals surface area contributed by atoms with Crippen molar-refractivity contribution in [3.8, 4) is 0 Å². The zero-order chi connectivity index (χ0) is 26.3. The molecular formula is C30H35F2NOS. The molecule has 0 amide bonds. The van der Waals surface area contributed by atoms with Crippen LogP contribution < -0.4 is 0 Å². The van der Waals surface area contributed by atoms with Crippen molar-refractivity contribution in [3.05, 3.63) is 122 Å². The van der Waals surface area contributed by atoms with Crippen LogP contribution in [0.2, 0.25) is 0 Å². The highest BCUT2D eigenvalue weighted by atomic mass is 32.2. The average molecular weight is 496 g/mol. The first-order valence-corrected chi connectivity index (χ1v) is 12.4. The average Bonchev–Trinajstić information content (AvgIpc) is 2.93. The first-order valence-electron chi connectivity index (χ1n) is 11.4. The van der Waals surface area contributed by atoms with Crippen molar-refractivity contribution in [2.45, 2.75) is 43.0 Å². The molecule has 186 valence electrons. The Hall–Kier alpha value is -3.05. The molecule has 0 aliphatic heterocycles. The van der Waals surface area contributed by atoms with Crippen molar-refractivity contribution in [2.75, 3.05) is 5.75 Å². The van der Waals surface area contributed by atoms with Crippen LogP contribution in [-0.2, 0) is 10.2 Å². The summed E-state index contributed by atoms with van der Waals surface area (Å²) < 4.78 is 28.9. The van der Waals surface area contributed by atoms with Gasteiger partial charge in [0.15, 0.2) is 0 Å². The van der Waals surface area contributed by atoms with E-state index in [1.807, 2.05) is 38.1 Å². The summed E-state index contributed by atoms with van der Waals surface area (Å²) in [6.07, 6.45) is 5.44. The molecule has 35 heavy (non-hydrogen) atoms. The molecule has 1 heterocycles. The standard InChI is InChI=1S/C25H25F2NS.2C2H4.CH2O/c1-18-5-7-20(8-6-18)25(22-16-21(26)9-10-23(22)27)13-11-19(12-14-25)17-29-24-4-2-3-15-28-24;3*1-2/h2-10,15-16,19H,11-14,17H2,1H3;2*1-2H2;1H2. The third-order valence-electron chi connectivity index (χ3n) is 6.11.